The molecule has 100 valence electrons. The molecule has 0 aromatic heterocycles. The van der Waals surface area contributed by atoms with Crippen molar-refractivity contribution in [1.29, 1.82) is 0 Å². The van der Waals surface area contributed by atoms with Gasteiger partial charge in [-0.1, -0.05) is 0 Å². The first kappa shape index (κ1) is 13.2. The first-order chi connectivity index (χ1) is 8.60. The van der Waals surface area contributed by atoms with E-state index in [2.05, 4.69) is 5.32 Å². The summed E-state index contributed by atoms with van der Waals surface area (Å²) in [6.07, 6.45) is 0. The fourth-order valence-corrected chi connectivity index (χ4v) is 2.12. The predicted octanol–water partition coefficient (Wildman–Crippen LogP) is 1.62. The average Bonchev–Trinajstić information content (AvgIpc) is 2.28. The maximum atomic E-state index is 13.7. The van der Waals surface area contributed by atoms with Gasteiger partial charge in [0, 0.05) is 37.8 Å². The van der Waals surface area contributed by atoms with Gasteiger partial charge in [0.1, 0.15) is 5.82 Å². The van der Waals surface area contributed by atoms with Crippen molar-refractivity contribution in [1.82, 2.24) is 10.2 Å². The summed E-state index contributed by atoms with van der Waals surface area (Å²) in [5, 5.41) is 3.19. The van der Waals surface area contributed by atoms with Crippen molar-refractivity contribution in [2.24, 2.45) is 5.92 Å². The monoisotopic (exact) mass is 256 g/mol. The molecule has 1 aromatic rings. The van der Waals surface area contributed by atoms with Gasteiger partial charge in [0.05, 0.1) is 7.11 Å². The van der Waals surface area contributed by atoms with Crippen molar-refractivity contribution < 1.29 is 13.5 Å². The van der Waals surface area contributed by atoms with Crippen LogP contribution in [-0.2, 0) is 6.54 Å². The fourth-order valence-electron chi connectivity index (χ4n) is 2.12. The largest absolute Gasteiger partial charge is 0.494 e. The Morgan fingerprint density at radius 1 is 1.33 bits per heavy atom. The summed E-state index contributed by atoms with van der Waals surface area (Å²) in [6, 6.07) is 2.31. The molecule has 1 aliphatic rings. The molecule has 0 atom stereocenters. The number of hydrogen-bond donors (Lipinski definition) is 1. The van der Waals surface area contributed by atoms with Gasteiger partial charge in [-0.25, -0.2) is 8.78 Å². The topological polar surface area (TPSA) is 24.5 Å². The number of nitrogens with one attached hydrogen (secondary N) is 1. The molecule has 0 unspecified atom stereocenters. The van der Waals surface area contributed by atoms with Crippen LogP contribution in [0.1, 0.15) is 5.56 Å². The molecule has 0 aliphatic carbocycles. The summed E-state index contributed by atoms with van der Waals surface area (Å²) in [5.41, 5.74) is 0.364. The molecule has 3 nitrogen and oxygen atoms in total. The molecule has 1 heterocycles. The van der Waals surface area contributed by atoms with E-state index in [1.807, 2.05) is 11.9 Å². The van der Waals surface area contributed by atoms with Crippen LogP contribution < -0.4 is 10.1 Å². The minimum atomic E-state index is -0.521. The molecule has 0 spiro atoms. The van der Waals surface area contributed by atoms with Gasteiger partial charge < -0.3 is 15.0 Å². The van der Waals surface area contributed by atoms with Crippen LogP contribution in [0.25, 0.3) is 0 Å². The lowest BCUT2D eigenvalue weighted by Gasteiger charge is -2.31. The normalized spacial score (nSPS) is 15.8. The molecule has 2 rings (SSSR count). The fraction of sp³-hybridized carbons (Fsp3) is 0.538. The van der Waals surface area contributed by atoms with Gasteiger partial charge in [0.2, 0.25) is 0 Å². The third-order valence-corrected chi connectivity index (χ3v) is 3.20. The number of hydrogen-bond acceptors (Lipinski definition) is 3. The molecule has 1 saturated heterocycles. The SMILES string of the molecule is COc1cc(F)c(CN(C)CC2CNC2)cc1F. The Bertz CT molecular complexity index is 422. The first-order valence-corrected chi connectivity index (χ1v) is 6.01. The number of methoxy groups -OCH3 is 1. The van der Waals surface area contributed by atoms with E-state index in [1.165, 1.54) is 13.2 Å². The van der Waals surface area contributed by atoms with Gasteiger partial charge in [-0.2, -0.15) is 0 Å². The summed E-state index contributed by atoms with van der Waals surface area (Å²) < 4.78 is 32.0. The van der Waals surface area contributed by atoms with Crippen LogP contribution in [0.3, 0.4) is 0 Å². The second-order valence-corrected chi connectivity index (χ2v) is 4.80. The minimum absolute atomic E-state index is 0.0536. The Balaban J connectivity index is 2.01. The Labute approximate surface area is 106 Å². The zero-order valence-corrected chi connectivity index (χ0v) is 10.7. The quantitative estimate of drug-likeness (QED) is 0.866. The highest BCUT2D eigenvalue weighted by Crippen LogP contribution is 2.22. The van der Waals surface area contributed by atoms with Gasteiger partial charge in [-0.05, 0) is 19.0 Å². The molecule has 0 saturated carbocycles. The summed E-state index contributed by atoms with van der Waals surface area (Å²) in [7, 11) is 3.24. The maximum absolute atomic E-state index is 13.7. The number of nitrogens with zero attached hydrogens (tertiary/aromatic N) is 1. The Hall–Kier alpha value is -1.20. The second kappa shape index (κ2) is 5.63. The van der Waals surface area contributed by atoms with Crippen LogP contribution in [0.15, 0.2) is 12.1 Å². The van der Waals surface area contributed by atoms with Gasteiger partial charge in [0.15, 0.2) is 11.6 Å². The highest BCUT2D eigenvalue weighted by atomic mass is 19.1. The van der Waals surface area contributed by atoms with Crippen molar-refractivity contribution in [3.05, 3.63) is 29.3 Å². The Morgan fingerprint density at radius 2 is 2.06 bits per heavy atom. The van der Waals surface area contributed by atoms with Gasteiger partial charge in [-0.15, -0.1) is 0 Å². The summed E-state index contributed by atoms with van der Waals surface area (Å²) in [6.45, 7) is 3.30. The number of ether oxygens (including phenoxy) is 1. The number of benzene rings is 1. The van der Waals surface area contributed by atoms with Crippen LogP contribution in [0.2, 0.25) is 0 Å². The van der Waals surface area contributed by atoms with E-state index in [4.69, 9.17) is 4.74 Å². The van der Waals surface area contributed by atoms with Crippen molar-refractivity contribution in [3.63, 3.8) is 0 Å². The second-order valence-electron chi connectivity index (χ2n) is 4.80. The van der Waals surface area contributed by atoms with Crippen molar-refractivity contribution in [2.75, 3.05) is 33.8 Å². The lowest BCUT2D eigenvalue weighted by atomic mass is 10.0. The summed E-state index contributed by atoms with van der Waals surface area (Å²) >= 11 is 0. The third kappa shape index (κ3) is 2.97. The molecule has 0 radical (unpaired) electrons. The van der Waals surface area contributed by atoms with Crippen LogP contribution in [0.5, 0.6) is 5.75 Å². The maximum Gasteiger partial charge on any atom is 0.165 e. The highest BCUT2D eigenvalue weighted by Gasteiger charge is 2.19. The molecule has 1 aromatic carbocycles. The molecule has 1 fully saturated rings. The molecular weight excluding hydrogens is 238 g/mol. The van der Waals surface area contributed by atoms with E-state index >= 15 is 0 Å². The molecule has 18 heavy (non-hydrogen) atoms. The standard InChI is InChI=1S/C13H18F2N2O/c1-17(7-9-5-16-6-9)8-10-3-12(15)13(18-2)4-11(10)14/h3-4,9,16H,5-8H2,1-2H3. The lowest BCUT2D eigenvalue weighted by molar-refractivity contribution is 0.216. The average molecular weight is 256 g/mol. The molecule has 0 bridgehead atoms. The van der Waals surface area contributed by atoms with Crippen molar-refractivity contribution >= 4 is 0 Å². The van der Waals surface area contributed by atoms with Crippen molar-refractivity contribution in [2.45, 2.75) is 6.54 Å². The van der Waals surface area contributed by atoms with Gasteiger partial charge >= 0.3 is 0 Å². The van der Waals surface area contributed by atoms with Gasteiger partial charge in [0.25, 0.3) is 0 Å². The zero-order valence-electron chi connectivity index (χ0n) is 10.7. The first-order valence-electron chi connectivity index (χ1n) is 6.01. The lowest BCUT2D eigenvalue weighted by Crippen LogP contribution is -2.47. The van der Waals surface area contributed by atoms with Crippen LogP contribution in [-0.4, -0.2) is 38.7 Å². The van der Waals surface area contributed by atoms with E-state index in [9.17, 15) is 8.78 Å². The Kier molecular flexibility index (Phi) is 4.14. The predicted molar refractivity (Wildman–Crippen MR) is 65.6 cm³/mol. The van der Waals surface area contributed by atoms with Crippen molar-refractivity contribution in [3.8, 4) is 5.75 Å². The van der Waals surface area contributed by atoms with E-state index in [0.717, 1.165) is 25.7 Å². The van der Waals surface area contributed by atoms with Crippen LogP contribution in [0, 0.1) is 17.6 Å². The van der Waals surface area contributed by atoms with Crippen LogP contribution in [0.4, 0.5) is 8.78 Å². The Morgan fingerprint density at radius 3 is 2.61 bits per heavy atom. The molecule has 1 N–H and O–H groups in total. The molecular formula is C13H18F2N2O. The molecule has 0 amide bonds. The summed E-state index contributed by atoms with van der Waals surface area (Å²) in [4.78, 5) is 2.01. The zero-order chi connectivity index (χ0) is 13.1. The van der Waals surface area contributed by atoms with Gasteiger partial charge in [-0.3, -0.25) is 0 Å². The van der Waals surface area contributed by atoms with E-state index in [0.29, 0.717) is 18.0 Å². The smallest absolute Gasteiger partial charge is 0.165 e. The van der Waals surface area contributed by atoms with E-state index < -0.39 is 11.6 Å². The number of rotatable bonds is 5. The summed E-state index contributed by atoms with van der Waals surface area (Å²) in [5.74, 6) is -0.386. The third-order valence-electron chi connectivity index (χ3n) is 3.20. The highest BCUT2D eigenvalue weighted by molar-refractivity contribution is 5.30. The van der Waals surface area contributed by atoms with Crippen LogP contribution >= 0.6 is 0 Å². The van der Waals surface area contributed by atoms with E-state index in [-0.39, 0.29) is 5.75 Å². The molecule has 1 aliphatic heterocycles. The molecule has 5 heteroatoms. The number of halogens is 2. The van der Waals surface area contributed by atoms with E-state index in [1.54, 1.807) is 0 Å². The minimum Gasteiger partial charge on any atom is -0.494 e.